The lowest BCUT2D eigenvalue weighted by molar-refractivity contribution is 0.0951. The predicted molar refractivity (Wildman–Crippen MR) is 135 cm³/mol. The molecule has 0 aliphatic carbocycles. The van der Waals surface area contributed by atoms with Crippen LogP contribution >= 0.6 is 47.2 Å². The standard InChI is InChI=1S/C18H18ClFN6O2S2.CH3FS/c19-10-1-3-12(4-2-10)26-18(28)15-13(9-29-17(15)22)16(24-26)14(27)8-25(23)7-11(21)5-6-30-20;1-3-2/h1-4,7,9H,5-6,8,21-23H2;1H3/b11-7-;. The van der Waals surface area contributed by atoms with Gasteiger partial charge in [0, 0.05) is 64.0 Å². The summed E-state index contributed by atoms with van der Waals surface area (Å²) in [7, 11) is 0. The number of thiophene rings is 1. The molecular formula is C19H21ClF2N6O2S3. The third-order valence-electron chi connectivity index (χ3n) is 4.14. The van der Waals surface area contributed by atoms with Crippen molar-refractivity contribution in [2.45, 2.75) is 6.42 Å². The van der Waals surface area contributed by atoms with Crippen molar-refractivity contribution < 1.29 is 12.6 Å². The van der Waals surface area contributed by atoms with Crippen LogP contribution in [0.2, 0.25) is 5.02 Å². The Labute approximate surface area is 206 Å². The van der Waals surface area contributed by atoms with Crippen molar-refractivity contribution in [3.05, 3.63) is 62.6 Å². The van der Waals surface area contributed by atoms with Gasteiger partial charge in [-0.05, 0) is 30.7 Å². The van der Waals surface area contributed by atoms with Gasteiger partial charge in [-0.3, -0.25) is 9.59 Å². The molecule has 0 spiro atoms. The van der Waals surface area contributed by atoms with Crippen molar-refractivity contribution in [1.82, 2.24) is 14.8 Å². The number of anilines is 1. The fraction of sp³-hybridized carbons (Fsp3) is 0.211. The van der Waals surface area contributed by atoms with E-state index in [1.54, 1.807) is 29.6 Å². The minimum absolute atomic E-state index is 0.0502. The van der Waals surface area contributed by atoms with Gasteiger partial charge >= 0.3 is 0 Å². The number of hydrazine groups is 1. The van der Waals surface area contributed by atoms with Crippen LogP contribution < -0.4 is 22.9 Å². The highest BCUT2D eigenvalue weighted by molar-refractivity contribution is 7.94. The van der Waals surface area contributed by atoms with Gasteiger partial charge < -0.3 is 16.5 Å². The van der Waals surface area contributed by atoms with Gasteiger partial charge in [-0.25, -0.2) is 5.84 Å². The second-order valence-electron chi connectivity index (χ2n) is 6.45. The number of carbonyl (C=O) groups is 1. The molecule has 2 aromatic heterocycles. The smallest absolute Gasteiger partial charge is 0.282 e. The van der Waals surface area contributed by atoms with Gasteiger partial charge in [0.2, 0.25) is 5.78 Å². The maximum atomic E-state index is 12.9. The molecule has 33 heavy (non-hydrogen) atoms. The van der Waals surface area contributed by atoms with Crippen molar-refractivity contribution in [1.29, 1.82) is 0 Å². The molecule has 0 atom stereocenters. The molecule has 8 nitrogen and oxygen atoms in total. The number of benzene rings is 1. The summed E-state index contributed by atoms with van der Waals surface area (Å²) in [6.45, 7) is -0.250. The quantitative estimate of drug-likeness (QED) is 0.222. The van der Waals surface area contributed by atoms with E-state index in [1.807, 2.05) is 0 Å². The summed E-state index contributed by atoms with van der Waals surface area (Å²) < 4.78 is 23.5. The average molecular weight is 535 g/mol. The molecule has 6 N–H and O–H groups in total. The Kier molecular flexibility index (Phi) is 10.4. The lowest BCUT2D eigenvalue weighted by atomic mass is 10.1. The van der Waals surface area contributed by atoms with Crippen LogP contribution in [0, 0.1) is 0 Å². The Balaban J connectivity index is 0.00000122. The molecular weight excluding hydrogens is 514 g/mol. The van der Waals surface area contributed by atoms with Crippen LogP contribution in [0.3, 0.4) is 0 Å². The summed E-state index contributed by atoms with van der Waals surface area (Å²) in [4.78, 5) is 25.9. The maximum absolute atomic E-state index is 12.9. The van der Waals surface area contributed by atoms with Gasteiger partial charge in [0.15, 0.2) is 0 Å². The Morgan fingerprint density at radius 3 is 2.58 bits per heavy atom. The summed E-state index contributed by atoms with van der Waals surface area (Å²) in [5.74, 6) is 5.60. The van der Waals surface area contributed by atoms with Crippen molar-refractivity contribution in [3.8, 4) is 5.69 Å². The molecule has 1 aromatic carbocycles. The van der Waals surface area contributed by atoms with E-state index in [0.29, 0.717) is 21.8 Å². The fourth-order valence-corrected chi connectivity index (χ4v) is 3.98. The highest BCUT2D eigenvalue weighted by atomic mass is 35.5. The summed E-state index contributed by atoms with van der Waals surface area (Å²) in [6, 6.07) is 6.44. The van der Waals surface area contributed by atoms with E-state index in [1.165, 1.54) is 12.5 Å². The fourth-order valence-electron chi connectivity index (χ4n) is 2.76. The molecule has 0 aliphatic rings. The van der Waals surface area contributed by atoms with Gasteiger partial charge in [0.1, 0.15) is 5.69 Å². The molecule has 2 heterocycles. The van der Waals surface area contributed by atoms with Crippen LogP contribution in [0.1, 0.15) is 16.9 Å². The van der Waals surface area contributed by atoms with Gasteiger partial charge in [0.25, 0.3) is 5.56 Å². The zero-order valence-corrected chi connectivity index (χ0v) is 20.5. The molecule has 0 saturated heterocycles. The van der Waals surface area contributed by atoms with Gasteiger partial charge in [-0.2, -0.15) is 17.6 Å². The highest BCUT2D eigenvalue weighted by Crippen LogP contribution is 2.28. The Hall–Kier alpha value is -2.32. The lowest BCUT2D eigenvalue weighted by Gasteiger charge is -2.15. The number of hydrogen-bond acceptors (Lipinski definition) is 10. The van der Waals surface area contributed by atoms with E-state index >= 15 is 0 Å². The monoisotopic (exact) mass is 534 g/mol. The molecule has 0 radical (unpaired) electrons. The first kappa shape index (κ1) is 26.9. The number of Topliss-reactive ketones (excluding diaryl/α,β-unsaturated/α-hetero) is 1. The Morgan fingerprint density at radius 2 is 1.97 bits per heavy atom. The topological polar surface area (TPSA) is 133 Å². The third kappa shape index (κ3) is 7.08. The van der Waals surface area contributed by atoms with E-state index in [4.69, 9.17) is 28.9 Å². The number of halogens is 3. The van der Waals surface area contributed by atoms with Crippen molar-refractivity contribution in [3.63, 3.8) is 0 Å². The van der Waals surface area contributed by atoms with Crippen molar-refractivity contribution in [2.75, 3.05) is 24.3 Å². The van der Waals surface area contributed by atoms with Crippen LogP contribution in [0.15, 0.2) is 46.3 Å². The molecule has 0 bridgehead atoms. The second kappa shape index (κ2) is 12.8. The number of nitrogens with zero attached hydrogens (tertiary/aromatic N) is 3. The highest BCUT2D eigenvalue weighted by Gasteiger charge is 2.21. The Morgan fingerprint density at radius 1 is 1.33 bits per heavy atom. The third-order valence-corrected chi connectivity index (χ3v) is 5.56. The summed E-state index contributed by atoms with van der Waals surface area (Å²) in [5, 5.41) is 8.33. The normalized spacial score (nSPS) is 11.2. The number of nitrogen functional groups attached to an aromatic ring is 1. The van der Waals surface area contributed by atoms with Crippen LogP contribution in [0.5, 0.6) is 0 Å². The molecule has 0 amide bonds. The molecule has 0 saturated carbocycles. The van der Waals surface area contributed by atoms with E-state index in [0.717, 1.165) is 21.0 Å². The van der Waals surface area contributed by atoms with Crippen LogP contribution in [-0.4, -0.2) is 39.1 Å². The number of carbonyl (C=O) groups excluding carboxylic acids is 1. The van der Waals surface area contributed by atoms with Crippen LogP contribution in [0.4, 0.5) is 12.8 Å². The molecule has 14 heteroatoms. The largest absolute Gasteiger partial charge is 0.401 e. The lowest BCUT2D eigenvalue weighted by Crippen LogP contribution is -2.34. The first-order chi connectivity index (χ1) is 15.7. The number of nitrogens with two attached hydrogens (primary N) is 3. The first-order valence-electron chi connectivity index (χ1n) is 9.18. The van der Waals surface area contributed by atoms with Crippen LogP contribution in [-0.2, 0) is 0 Å². The van der Waals surface area contributed by atoms with Gasteiger partial charge in [0.05, 0.1) is 22.6 Å². The van der Waals surface area contributed by atoms with Crippen molar-refractivity contribution in [2.24, 2.45) is 11.6 Å². The zero-order chi connectivity index (χ0) is 24.5. The number of hydrogen-bond donors (Lipinski definition) is 3. The minimum atomic E-state index is -0.444. The summed E-state index contributed by atoms with van der Waals surface area (Å²) in [5.41, 5.74) is 12.1. The number of ketones is 1. The van der Waals surface area contributed by atoms with Gasteiger partial charge in [-0.1, -0.05) is 11.6 Å². The van der Waals surface area contributed by atoms with Crippen LogP contribution in [0.25, 0.3) is 16.5 Å². The van der Waals surface area contributed by atoms with Gasteiger partial charge in [-0.15, -0.1) is 11.3 Å². The molecule has 3 aromatic rings. The van der Waals surface area contributed by atoms with E-state index in [-0.39, 0.29) is 59.1 Å². The molecule has 0 unspecified atom stereocenters. The van der Waals surface area contributed by atoms with E-state index in [9.17, 15) is 17.4 Å². The van der Waals surface area contributed by atoms with Crippen molar-refractivity contribution >= 4 is 68.8 Å². The number of rotatable bonds is 8. The second-order valence-corrected chi connectivity index (χ2v) is 8.73. The summed E-state index contributed by atoms with van der Waals surface area (Å²) in [6.07, 6.45) is 3.02. The number of allylic oxidation sites excluding steroid dienone is 1. The first-order valence-corrected chi connectivity index (χ1v) is 12.4. The SMILES string of the molecule is CSF.N/C(=C\N(N)CC(=O)c1nn(-c2ccc(Cl)cc2)c(=O)c2c(N)scc12)CCSF. The maximum Gasteiger partial charge on any atom is 0.282 e. The molecule has 0 fully saturated rings. The van der Waals surface area contributed by atoms with E-state index in [2.05, 4.69) is 5.10 Å². The predicted octanol–water partition coefficient (Wildman–Crippen LogP) is 4.08. The number of fused-ring (bicyclic) bond motifs is 1. The zero-order valence-electron chi connectivity index (χ0n) is 17.3. The number of aromatic nitrogens is 2. The summed E-state index contributed by atoms with van der Waals surface area (Å²) >= 11 is 7.48. The molecule has 3 rings (SSSR count). The Bertz CT molecular complexity index is 1190. The minimum Gasteiger partial charge on any atom is -0.401 e. The van der Waals surface area contributed by atoms with E-state index < -0.39 is 11.3 Å². The molecule has 0 aliphatic heterocycles. The average Bonchev–Trinajstić information content (AvgIpc) is 3.15. The molecule has 178 valence electrons.